The molecule has 0 fully saturated rings. The van der Waals surface area contributed by atoms with E-state index in [1.54, 1.807) is 18.4 Å². The zero-order chi connectivity index (χ0) is 20.2. The highest BCUT2D eigenvalue weighted by Crippen LogP contribution is 2.16. The molecule has 0 aliphatic rings. The Hall–Kier alpha value is -2.48. The molecule has 1 aromatic heterocycles. The van der Waals surface area contributed by atoms with Crippen LogP contribution in [0, 0.1) is 0 Å². The maximum absolute atomic E-state index is 12.1. The first-order valence-electron chi connectivity index (χ1n) is 9.23. The molecule has 0 spiro atoms. The lowest BCUT2D eigenvalue weighted by atomic mass is 10.1. The quantitative estimate of drug-likeness (QED) is 0.469. The number of hydrogen-bond acceptors (Lipinski definition) is 3. The molecule has 0 bridgehead atoms. The molecule has 0 aliphatic heterocycles. The number of alkyl halides is 3. The van der Waals surface area contributed by atoms with Crippen LogP contribution in [-0.4, -0.2) is 31.8 Å². The molecule has 28 heavy (non-hydrogen) atoms. The van der Waals surface area contributed by atoms with E-state index < -0.39 is 12.8 Å². The van der Waals surface area contributed by atoms with E-state index in [-0.39, 0.29) is 6.61 Å². The molecule has 8 heteroatoms. The third kappa shape index (κ3) is 8.94. The van der Waals surface area contributed by atoms with Crippen molar-refractivity contribution in [3.63, 3.8) is 0 Å². The average molecular weight is 397 g/mol. The van der Waals surface area contributed by atoms with E-state index in [0.29, 0.717) is 24.6 Å². The highest BCUT2D eigenvalue weighted by Gasteiger charge is 2.27. The van der Waals surface area contributed by atoms with Crippen molar-refractivity contribution in [2.45, 2.75) is 39.1 Å². The Kier molecular flexibility index (Phi) is 8.87. The zero-order valence-corrected chi connectivity index (χ0v) is 15.9. The minimum Gasteiger partial charge on any atom is -0.469 e. The number of benzene rings is 1. The summed E-state index contributed by atoms with van der Waals surface area (Å²) in [6, 6.07) is 11.0. The number of furan rings is 1. The molecule has 0 saturated carbocycles. The summed E-state index contributed by atoms with van der Waals surface area (Å²) in [4.78, 5) is 4.56. The number of halogens is 3. The largest absolute Gasteiger partial charge is 0.469 e. The van der Waals surface area contributed by atoms with E-state index >= 15 is 0 Å². The smallest absolute Gasteiger partial charge is 0.411 e. The maximum Gasteiger partial charge on any atom is 0.411 e. The lowest BCUT2D eigenvalue weighted by Crippen LogP contribution is -2.38. The second kappa shape index (κ2) is 11.4. The molecular formula is C20H26F3N3O2. The summed E-state index contributed by atoms with van der Waals surface area (Å²) in [6.45, 7) is 2.73. The van der Waals surface area contributed by atoms with Gasteiger partial charge in [0, 0.05) is 19.5 Å². The first kappa shape index (κ1) is 21.8. The summed E-state index contributed by atoms with van der Waals surface area (Å²) in [6.07, 6.45) is -0.921. The molecule has 2 N–H and O–H groups in total. The van der Waals surface area contributed by atoms with Crippen molar-refractivity contribution in [3.8, 4) is 0 Å². The van der Waals surface area contributed by atoms with E-state index in [9.17, 15) is 13.2 Å². The molecule has 154 valence electrons. The third-order valence-corrected chi connectivity index (χ3v) is 3.76. The summed E-state index contributed by atoms with van der Waals surface area (Å²) in [5.74, 6) is 1.62. The van der Waals surface area contributed by atoms with Crippen LogP contribution in [0.25, 0.3) is 0 Å². The monoisotopic (exact) mass is 397 g/mol. The van der Waals surface area contributed by atoms with E-state index in [4.69, 9.17) is 4.42 Å². The summed E-state index contributed by atoms with van der Waals surface area (Å²) in [7, 11) is 0. The van der Waals surface area contributed by atoms with Gasteiger partial charge in [-0.25, -0.2) is 4.99 Å². The standard InChI is InChI=1S/C20H26F3N3O2/c1-2-10-24-19(25-11-9-18-4-3-12-28-18)26-13-16-5-7-17(8-6-16)14-27-15-20(21,22)23/h3-8,12H,2,9-11,13-15H2,1H3,(H2,24,25,26). The lowest BCUT2D eigenvalue weighted by molar-refractivity contribution is -0.176. The predicted molar refractivity (Wildman–Crippen MR) is 102 cm³/mol. The van der Waals surface area contributed by atoms with Gasteiger partial charge in [0.25, 0.3) is 0 Å². The van der Waals surface area contributed by atoms with Crippen LogP contribution in [-0.2, 0) is 24.3 Å². The van der Waals surface area contributed by atoms with Crippen molar-refractivity contribution in [1.29, 1.82) is 0 Å². The second-order valence-electron chi connectivity index (χ2n) is 6.27. The van der Waals surface area contributed by atoms with Gasteiger partial charge in [-0.15, -0.1) is 0 Å². The van der Waals surface area contributed by atoms with E-state index in [1.165, 1.54) is 0 Å². The first-order chi connectivity index (χ1) is 13.5. The Labute approximate surface area is 163 Å². The number of hydrogen-bond donors (Lipinski definition) is 2. The van der Waals surface area contributed by atoms with Crippen LogP contribution >= 0.6 is 0 Å². The van der Waals surface area contributed by atoms with Crippen molar-refractivity contribution in [3.05, 3.63) is 59.5 Å². The fourth-order valence-electron chi connectivity index (χ4n) is 2.37. The second-order valence-corrected chi connectivity index (χ2v) is 6.27. The average Bonchev–Trinajstić information content (AvgIpc) is 3.17. The lowest BCUT2D eigenvalue weighted by Gasteiger charge is -2.12. The highest BCUT2D eigenvalue weighted by atomic mass is 19.4. The fraction of sp³-hybridized carbons (Fsp3) is 0.450. The van der Waals surface area contributed by atoms with Gasteiger partial charge in [0.05, 0.1) is 19.4 Å². The number of nitrogens with zero attached hydrogens (tertiary/aromatic N) is 1. The van der Waals surface area contributed by atoms with Crippen LogP contribution in [0.2, 0.25) is 0 Å². The molecule has 0 amide bonds. The molecule has 1 aromatic carbocycles. The van der Waals surface area contributed by atoms with Gasteiger partial charge in [-0.1, -0.05) is 31.2 Å². The van der Waals surface area contributed by atoms with E-state index in [0.717, 1.165) is 30.7 Å². The number of guanidine groups is 1. The Balaban J connectivity index is 1.82. The van der Waals surface area contributed by atoms with Crippen molar-refractivity contribution in [2.75, 3.05) is 19.7 Å². The van der Waals surface area contributed by atoms with Gasteiger partial charge in [0.15, 0.2) is 5.96 Å². The Morgan fingerprint density at radius 2 is 1.79 bits per heavy atom. The van der Waals surface area contributed by atoms with Crippen molar-refractivity contribution in [2.24, 2.45) is 4.99 Å². The molecule has 0 radical (unpaired) electrons. The predicted octanol–water partition coefficient (Wildman–Crippen LogP) is 4.05. The Morgan fingerprint density at radius 3 is 2.43 bits per heavy atom. The van der Waals surface area contributed by atoms with Gasteiger partial charge in [-0.05, 0) is 29.7 Å². The molecule has 0 aliphatic carbocycles. The molecule has 2 aromatic rings. The van der Waals surface area contributed by atoms with E-state index in [2.05, 4.69) is 27.3 Å². The molecule has 0 unspecified atom stereocenters. The normalized spacial score (nSPS) is 12.2. The topological polar surface area (TPSA) is 58.8 Å². The third-order valence-electron chi connectivity index (χ3n) is 3.76. The van der Waals surface area contributed by atoms with Crippen LogP contribution in [0.4, 0.5) is 13.2 Å². The highest BCUT2D eigenvalue weighted by molar-refractivity contribution is 5.79. The molecule has 0 atom stereocenters. The van der Waals surface area contributed by atoms with Crippen LogP contribution in [0.5, 0.6) is 0 Å². The Bertz CT molecular complexity index is 698. The number of rotatable bonds is 10. The molecule has 1 heterocycles. The summed E-state index contributed by atoms with van der Waals surface area (Å²) >= 11 is 0. The maximum atomic E-state index is 12.1. The van der Waals surface area contributed by atoms with Crippen LogP contribution < -0.4 is 10.6 Å². The Morgan fingerprint density at radius 1 is 1.07 bits per heavy atom. The molecular weight excluding hydrogens is 371 g/mol. The van der Waals surface area contributed by atoms with E-state index in [1.807, 2.05) is 24.3 Å². The van der Waals surface area contributed by atoms with Crippen LogP contribution in [0.3, 0.4) is 0 Å². The number of aliphatic imine (C=N–C) groups is 1. The van der Waals surface area contributed by atoms with Gasteiger partial charge in [0.2, 0.25) is 0 Å². The van der Waals surface area contributed by atoms with Gasteiger partial charge in [0.1, 0.15) is 12.4 Å². The van der Waals surface area contributed by atoms with Crippen molar-refractivity contribution in [1.82, 2.24) is 10.6 Å². The summed E-state index contributed by atoms with van der Waals surface area (Å²) in [5.41, 5.74) is 1.65. The van der Waals surface area contributed by atoms with Crippen LogP contribution in [0.15, 0.2) is 52.1 Å². The van der Waals surface area contributed by atoms with Gasteiger partial charge >= 0.3 is 6.18 Å². The van der Waals surface area contributed by atoms with Crippen molar-refractivity contribution < 1.29 is 22.3 Å². The first-order valence-corrected chi connectivity index (χ1v) is 9.23. The molecule has 0 saturated heterocycles. The molecule has 5 nitrogen and oxygen atoms in total. The summed E-state index contributed by atoms with van der Waals surface area (Å²) in [5, 5.41) is 6.52. The number of nitrogens with one attached hydrogen (secondary N) is 2. The molecule has 2 rings (SSSR count). The zero-order valence-electron chi connectivity index (χ0n) is 15.9. The summed E-state index contributed by atoms with van der Waals surface area (Å²) < 4.78 is 46.3. The van der Waals surface area contributed by atoms with Crippen LogP contribution in [0.1, 0.15) is 30.2 Å². The van der Waals surface area contributed by atoms with Crippen molar-refractivity contribution >= 4 is 5.96 Å². The fourth-order valence-corrected chi connectivity index (χ4v) is 2.37. The minimum atomic E-state index is -4.31. The SMILES string of the molecule is CCCNC(=NCc1ccc(COCC(F)(F)F)cc1)NCCc1ccco1. The number of ether oxygens (including phenoxy) is 1. The van der Waals surface area contributed by atoms with Gasteiger partial charge in [-0.3, -0.25) is 0 Å². The minimum absolute atomic E-state index is 0.0688. The van der Waals surface area contributed by atoms with Gasteiger partial charge in [-0.2, -0.15) is 13.2 Å². The van der Waals surface area contributed by atoms with Gasteiger partial charge < -0.3 is 19.8 Å².